The van der Waals surface area contributed by atoms with Gasteiger partial charge in [0.15, 0.2) is 5.16 Å². The van der Waals surface area contributed by atoms with Gasteiger partial charge in [-0.15, -0.1) is 0 Å². The molecule has 1 aliphatic rings. The lowest BCUT2D eigenvalue weighted by Gasteiger charge is -2.05. The minimum atomic E-state index is 0.505. The van der Waals surface area contributed by atoms with Gasteiger partial charge in [-0.1, -0.05) is 36.7 Å². The Bertz CT molecular complexity index is 359. The van der Waals surface area contributed by atoms with Crippen LogP contribution >= 0.6 is 23.4 Å². The lowest BCUT2D eigenvalue weighted by molar-refractivity contribution is 0.771. The standard InChI is InChI=1S/C10H14ClN3S/c1-3-6-4-7(6)12-9-5-8(11)13-10(14-9)15-2/h5-7H,3-4H2,1-2H3,(H,12,13,14). The van der Waals surface area contributed by atoms with Gasteiger partial charge in [0.1, 0.15) is 11.0 Å². The van der Waals surface area contributed by atoms with Crippen molar-refractivity contribution in [3.05, 3.63) is 11.2 Å². The molecule has 2 rings (SSSR count). The fourth-order valence-corrected chi connectivity index (χ4v) is 2.24. The maximum atomic E-state index is 5.90. The largest absolute Gasteiger partial charge is 0.367 e. The van der Waals surface area contributed by atoms with Crippen LogP contribution in [0.2, 0.25) is 5.15 Å². The number of aromatic nitrogens is 2. The van der Waals surface area contributed by atoms with E-state index in [-0.39, 0.29) is 0 Å². The van der Waals surface area contributed by atoms with E-state index in [1.807, 2.05) is 6.26 Å². The van der Waals surface area contributed by atoms with E-state index in [0.29, 0.717) is 11.2 Å². The number of thioether (sulfide) groups is 1. The fraction of sp³-hybridized carbons (Fsp3) is 0.600. The van der Waals surface area contributed by atoms with Crippen molar-refractivity contribution in [2.75, 3.05) is 11.6 Å². The Balaban J connectivity index is 2.05. The maximum absolute atomic E-state index is 5.90. The summed E-state index contributed by atoms with van der Waals surface area (Å²) in [6, 6.07) is 2.36. The Morgan fingerprint density at radius 2 is 2.40 bits per heavy atom. The van der Waals surface area contributed by atoms with Crippen molar-refractivity contribution in [1.29, 1.82) is 0 Å². The molecule has 0 aromatic carbocycles. The molecule has 1 aliphatic carbocycles. The topological polar surface area (TPSA) is 37.8 Å². The molecule has 0 amide bonds. The molecular weight excluding hydrogens is 230 g/mol. The van der Waals surface area contributed by atoms with Gasteiger partial charge >= 0.3 is 0 Å². The van der Waals surface area contributed by atoms with E-state index >= 15 is 0 Å². The monoisotopic (exact) mass is 243 g/mol. The van der Waals surface area contributed by atoms with Crippen LogP contribution in [0, 0.1) is 5.92 Å². The molecular formula is C10H14ClN3S. The molecule has 0 aliphatic heterocycles. The second-order valence-corrected chi connectivity index (χ2v) is 4.88. The highest BCUT2D eigenvalue weighted by Gasteiger charge is 2.35. The number of anilines is 1. The average Bonchev–Trinajstić information content (AvgIpc) is 2.95. The summed E-state index contributed by atoms with van der Waals surface area (Å²) in [7, 11) is 0. The third-order valence-electron chi connectivity index (χ3n) is 2.64. The first kappa shape index (κ1) is 11.0. The molecule has 0 saturated heterocycles. The predicted molar refractivity (Wildman–Crippen MR) is 64.6 cm³/mol. The highest BCUT2D eigenvalue weighted by molar-refractivity contribution is 7.98. The van der Waals surface area contributed by atoms with Crippen LogP contribution in [0.1, 0.15) is 19.8 Å². The summed E-state index contributed by atoms with van der Waals surface area (Å²) < 4.78 is 0. The molecule has 0 bridgehead atoms. The van der Waals surface area contributed by atoms with Gasteiger partial charge in [0.05, 0.1) is 0 Å². The van der Waals surface area contributed by atoms with E-state index in [1.54, 1.807) is 6.07 Å². The SMILES string of the molecule is CCC1CC1Nc1cc(Cl)nc(SC)n1. The van der Waals surface area contributed by atoms with Gasteiger partial charge in [0.25, 0.3) is 0 Å². The van der Waals surface area contributed by atoms with Crippen molar-refractivity contribution in [1.82, 2.24) is 9.97 Å². The lowest BCUT2D eigenvalue weighted by atomic mass is 10.3. The van der Waals surface area contributed by atoms with Gasteiger partial charge in [-0.3, -0.25) is 0 Å². The van der Waals surface area contributed by atoms with E-state index in [2.05, 4.69) is 22.2 Å². The van der Waals surface area contributed by atoms with E-state index in [4.69, 9.17) is 11.6 Å². The molecule has 0 radical (unpaired) electrons. The molecule has 1 saturated carbocycles. The second-order valence-electron chi connectivity index (χ2n) is 3.72. The first-order valence-electron chi connectivity index (χ1n) is 5.08. The third kappa shape index (κ3) is 2.75. The number of nitrogens with zero attached hydrogens (tertiary/aromatic N) is 2. The van der Waals surface area contributed by atoms with Gasteiger partial charge in [0, 0.05) is 12.1 Å². The summed E-state index contributed by atoms with van der Waals surface area (Å²) >= 11 is 7.40. The van der Waals surface area contributed by atoms with Gasteiger partial charge in [-0.25, -0.2) is 9.97 Å². The zero-order chi connectivity index (χ0) is 10.8. The Kier molecular flexibility index (Phi) is 3.36. The molecule has 1 heterocycles. The van der Waals surface area contributed by atoms with Gasteiger partial charge in [0.2, 0.25) is 0 Å². The summed E-state index contributed by atoms with van der Waals surface area (Å²) in [6.07, 6.45) is 4.42. The maximum Gasteiger partial charge on any atom is 0.190 e. The van der Waals surface area contributed by atoms with Crippen LogP contribution < -0.4 is 5.32 Å². The average molecular weight is 244 g/mol. The molecule has 15 heavy (non-hydrogen) atoms. The summed E-state index contributed by atoms with van der Waals surface area (Å²) in [6.45, 7) is 2.21. The Morgan fingerprint density at radius 1 is 1.60 bits per heavy atom. The number of hydrogen-bond acceptors (Lipinski definition) is 4. The molecule has 2 unspecified atom stereocenters. The number of hydrogen-bond donors (Lipinski definition) is 1. The Labute approximate surface area is 99.0 Å². The normalized spacial score (nSPS) is 23.9. The Hall–Kier alpha value is -0.480. The van der Waals surface area contributed by atoms with Crippen LogP contribution in [-0.2, 0) is 0 Å². The Morgan fingerprint density at radius 3 is 3.00 bits per heavy atom. The van der Waals surface area contributed by atoms with Crippen molar-refractivity contribution in [3.8, 4) is 0 Å². The molecule has 1 aromatic rings. The van der Waals surface area contributed by atoms with E-state index < -0.39 is 0 Å². The predicted octanol–water partition coefficient (Wildman–Crippen LogP) is 3.06. The smallest absolute Gasteiger partial charge is 0.190 e. The zero-order valence-electron chi connectivity index (χ0n) is 8.83. The quantitative estimate of drug-likeness (QED) is 0.501. The highest BCUT2D eigenvalue weighted by Crippen LogP contribution is 2.36. The van der Waals surface area contributed by atoms with Crippen molar-refractivity contribution < 1.29 is 0 Å². The summed E-state index contributed by atoms with van der Waals surface area (Å²) in [5.74, 6) is 1.65. The molecule has 5 heteroatoms. The molecule has 82 valence electrons. The fourth-order valence-electron chi connectivity index (χ4n) is 1.63. The number of halogens is 1. The minimum absolute atomic E-state index is 0.505. The van der Waals surface area contributed by atoms with Crippen LogP contribution in [0.3, 0.4) is 0 Å². The summed E-state index contributed by atoms with van der Waals surface area (Å²) in [5, 5.41) is 4.61. The zero-order valence-corrected chi connectivity index (χ0v) is 10.4. The lowest BCUT2D eigenvalue weighted by Crippen LogP contribution is -2.06. The molecule has 1 N–H and O–H groups in total. The van der Waals surface area contributed by atoms with Crippen LogP contribution in [0.4, 0.5) is 5.82 Å². The third-order valence-corrected chi connectivity index (χ3v) is 3.38. The van der Waals surface area contributed by atoms with Gasteiger partial charge in [-0.2, -0.15) is 0 Å². The first-order chi connectivity index (χ1) is 7.22. The van der Waals surface area contributed by atoms with E-state index in [9.17, 15) is 0 Å². The number of nitrogens with one attached hydrogen (secondary N) is 1. The van der Waals surface area contributed by atoms with Crippen LogP contribution in [0.5, 0.6) is 0 Å². The molecule has 1 fully saturated rings. The summed E-state index contributed by atoms with van der Waals surface area (Å²) in [5.41, 5.74) is 0. The van der Waals surface area contributed by atoms with Gasteiger partial charge in [-0.05, 0) is 18.6 Å². The van der Waals surface area contributed by atoms with Crippen molar-refractivity contribution >= 4 is 29.2 Å². The second kappa shape index (κ2) is 4.58. The molecule has 0 spiro atoms. The first-order valence-corrected chi connectivity index (χ1v) is 6.68. The highest BCUT2D eigenvalue weighted by atomic mass is 35.5. The van der Waals surface area contributed by atoms with Crippen molar-refractivity contribution in [2.45, 2.75) is 31.0 Å². The van der Waals surface area contributed by atoms with Crippen molar-refractivity contribution in [2.24, 2.45) is 5.92 Å². The van der Waals surface area contributed by atoms with Crippen LogP contribution in [0.15, 0.2) is 11.2 Å². The number of rotatable bonds is 4. The summed E-state index contributed by atoms with van der Waals surface area (Å²) in [4.78, 5) is 8.45. The van der Waals surface area contributed by atoms with E-state index in [1.165, 1.54) is 24.6 Å². The van der Waals surface area contributed by atoms with E-state index in [0.717, 1.165) is 16.9 Å². The van der Waals surface area contributed by atoms with Crippen LogP contribution in [-0.4, -0.2) is 22.3 Å². The molecule has 3 nitrogen and oxygen atoms in total. The molecule has 2 atom stereocenters. The molecule has 1 aromatic heterocycles. The van der Waals surface area contributed by atoms with Crippen LogP contribution in [0.25, 0.3) is 0 Å². The van der Waals surface area contributed by atoms with Crippen molar-refractivity contribution in [3.63, 3.8) is 0 Å². The van der Waals surface area contributed by atoms with Gasteiger partial charge < -0.3 is 5.32 Å². The minimum Gasteiger partial charge on any atom is -0.367 e.